The van der Waals surface area contributed by atoms with Crippen molar-refractivity contribution < 1.29 is 9.59 Å². The van der Waals surface area contributed by atoms with Crippen molar-refractivity contribution in [3.63, 3.8) is 0 Å². The van der Waals surface area contributed by atoms with Crippen molar-refractivity contribution in [1.82, 2.24) is 14.8 Å². The first-order valence-corrected chi connectivity index (χ1v) is 12.6. The average molecular weight is 450 g/mol. The number of amides is 2. The molecule has 5 rings (SSSR count). The van der Waals surface area contributed by atoms with E-state index in [-0.39, 0.29) is 17.9 Å². The maximum absolute atomic E-state index is 13.8. The summed E-state index contributed by atoms with van der Waals surface area (Å²) in [6, 6.07) is 12.5. The van der Waals surface area contributed by atoms with E-state index in [1.807, 2.05) is 22.9 Å². The fourth-order valence-corrected chi connectivity index (χ4v) is 5.98. The Labute approximate surface area is 193 Å². The zero-order valence-corrected chi connectivity index (χ0v) is 19.7. The number of thiophene rings is 1. The minimum Gasteiger partial charge on any atom is -0.351 e. The van der Waals surface area contributed by atoms with Crippen LogP contribution < -0.4 is 5.32 Å². The highest BCUT2D eigenvalue weighted by Gasteiger charge is 2.48. The predicted molar refractivity (Wildman–Crippen MR) is 129 cm³/mol. The van der Waals surface area contributed by atoms with Gasteiger partial charge in [0.25, 0.3) is 5.91 Å². The van der Waals surface area contributed by atoms with E-state index in [1.165, 1.54) is 18.4 Å². The summed E-state index contributed by atoms with van der Waals surface area (Å²) in [5, 5.41) is 5.38. The van der Waals surface area contributed by atoms with Gasteiger partial charge in [-0.3, -0.25) is 9.59 Å². The Morgan fingerprint density at radius 3 is 2.56 bits per heavy atom. The molecule has 3 aromatic rings. The number of hydrogen-bond donors (Lipinski definition) is 1. The van der Waals surface area contributed by atoms with E-state index in [1.54, 1.807) is 16.2 Å². The van der Waals surface area contributed by atoms with Gasteiger partial charge in [-0.1, -0.05) is 55.5 Å². The number of benzene rings is 1. The Morgan fingerprint density at radius 1 is 1.12 bits per heavy atom. The van der Waals surface area contributed by atoms with Crippen LogP contribution in [0.15, 0.2) is 41.8 Å². The summed E-state index contributed by atoms with van der Waals surface area (Å²) < 4.78 is 3.14. The van der Waals surface area contributed by atoms with Crippen LogP contribution in [0.4, 0.5) is 0 Å². The number of rotatable bonds is 4. The Morgan fingerprint density at radius 2 is 1.84 bits per heavy atom. The maximum Gasteiger partial charge on any atom is 0.271 e. The topological polar surface area (TPSA) is 54.3 Å². The molecule has 1 aliphatic heterocycles. The van der Waals surface area contributed by atoms with Gasteiger partial charge >= 0.3 is 0 Å². The van der Waals surface area contributed by atoms with Crippen molar-refractivity contribution in [3.8, 4) is 0 Å². The first-order chi connectivity index (χ1) is 15.5. The molecule has 2 aliphatic rings. The first-order valence-electron chi connectivity index (χ1n) is 11.7. The minimum atomic E-state index is -0.949. The third-order valence-electron chi connectivity index (χ3n) is 7.19. The SMILES string of the molecule is Cc1ccc(CN2C(=O)c3cc4sccc4n3CC2(C)C(=O)NC2CCCCCC2)cc1. The molecule has 5 nitrogen and oxygen atoms in total. The molecule has 0 saturated heterocycles. The number of carbonyl (C=O) groups excluding carboxylic acids is 2. The number of aromatic nitrogens is 1. The lowest BCUT2D eigenvalue weighted by atomic mass is 9.93. The molecule has 1 saturated carbocycles. The van der Waals surface area contributed by atoms with Crippen LogP contribution in [0.25, 0.3) is 10.2 Å². The normalized spacial score (nSPS) is 22.1. The van der Waals surface area contributed by atoms with Crippen LogP contribution in [0, 0.1) is 6.92 Å². The third kappa shape index (κ3) is 3.75. The van der Waals surface area contributed by atoms with E-state index >= 15 is 0 Å². The van der Waals surface area contributed by atoms with Gasteiger partial charge in [-0.05, 0) is 49.8 Å². The quantitative estimate of drug-likeness (QED) is 0.552. The van der Waals surface area contributed by atoms with Crippen LogP contribution in [0.5, 0.6) is 0 Å². The molecule has 0 spiro atoms. The van der Waals surface area contributed by atoms with E-state index < -0.39 is 5.54 Å². The maximum atomic E-state index is 13.8. The summed E-state index contributed by atoms with van der Waals surface area (Å²) in [6.45, 7) is 4.89. The summed E-state index contributed by atoms with van der Waals surface area (Å²) in [5.41, 5.74) is 3.00. The number of nitrogens with zero attached hydrogens (tertiary/aromatic N) is 2. The van der Waals surface area contributed by atoms with E-state index in [2.05, 4.69) is 42.6 Å². The molecule has 0 radical (unpaired) electrons. The number of fused-ring (bicyclic) bond motifs is 3. The Kier molecular flexibility index (Phi) is 5.58. The highest BCUT2D eigenvalue weighted by molar-refractivity contribution is 7.17. The number of hydrogen-bond acceptors (Lipinski definition) is 3. The molecular weight excluding hydrogens is 418 g/mol. The molecule has 1 aliphatic carbocycles. The molecule has 1 N–H and O–H groups in total. The van der Waals surface area contributed by atoms with Crippen LogP contribution >= 0.6 is 11.3 Å². The third-order valence-corrected chi connectivity index (χ3v) is 8.04. The van der Waals surface area contributed by atoms with Gasteiger partial charge in [0.05, 0.1) is 16.8 Å². The standard InChI is InChI=1S/C26H31N3O2S/c1-18-9-11-19(12-10-18)16-29-24(30)22-15-23-21(13-14-32-23)28(22)17-26(29,2)25(31)27-20-7-5-3-4-6-8-20/h9-15,20H,3-8,16-17H2,1-2H3,(H,27,31). The molecular formula is C26H31N3O2S. The fraction of sp³-hybridized carbons (Fsp3) is 0.462. The summed E-state index contributed by atoms with van der Waals surface area (Å²) in [4.78, 5) is 29.3. The molecule has 1 aromatic carbocycles. The smallest absolute Gasteiger partial charge is 0.271 e. The van der Waals surface area contributed by atoms with Crippen molar-refractivity contribution in [1.29, 1.82) is 0 Å². The zero-order chi connectivity index (χ0) is 22.3. The highest BCUT2D eigenvalue weighted by Crippen LogP contribution is 2.35. The van der Waals surface area contributed by atoms with Gasteiger partial charge in [-0.25, -0.2) is 0 Å². The van der Waals surface area contributed by atoms with Gasteiger partial charge in [0, 0.05) is 12.6 Å². The van der Waals surface area contributed by atoms with E-state index in [0.717, 1.165) is 41.5 Å². The second kappa shape index (κ2) is 8.39. The summed E-state index contributed by atoms with van der Waals surface area (Å²) in [7, 11) is 0. The van der Waals surface area contributed by atoms with Crippen molar-refractivity contribution in [2.45, 2.75) is 77.0 Å². The predicted octanol–water partition coefficient (Wildman–Crippen LogP) is 5.26. The molecule has 6 heteroatoms. The first kappa shape index (κ1) is 21.3. The summed E-state index contributed by atoms with van der Waals surface area (Å²) in [6.07, 6.45) is 6.85. The lowest BCUT2D eigenvalue weighted by Gasteiger charge is -2.44. The number of carbonyl (C=O) groups is 2. The second-order valence-corrected chi connectivity index (χ2v) is 10.5. The molecule has 32 heavy (non-hydrogen) atoms. The molecule has 2 aromatic heterocycles. The number of aryl methyl sites for hydroxylation is 1. The van der Waals surface area contributed by atoms with Crippen LogP contribution in [-0.4, -0.2) is 32.9 Å². The second-order valence-electron chi connectivity index (χ2n) is 9.60. The van der Waals surface area contributed by atoms with Crippen molar-refractivity contribution in [2.24, 2.45) is 0 Å². The largest absolute Gasteiger partial charge is 0.351 e. The Balaban J connectivity index is 1.51. The van der Waals surface area contributed by atoms with Crippen molar-refractivity contribution in [2.75, 3.05) is 0 Å². The molecule has 2 amide bonds. The zero-order valence-electron chi connectivity index (χ0n) is 18.9. The van der Waals surface area contributed by atoms with Gasteiger partial charge in [0.1, 0.15) is 11.2 Å². The minimum absolute atomic E-state index is 0.0346. The van der Waals surface area contributed by atoms with E-state index in [0.29, 0.717) is 18.8 Å². The van der Waals surface area contributed by atoms with Crippen LogP contribution in [-0.2, 0) is 17.9 Å². The van der Waals surface area contributed by atoms with Crippen LogP contribution in [0.1, 0.15) is 67.1 Å². The van der Waals surface area contributed by atoms with Crippen molar-refractivity contribution in [3.05, 3.63) is 58.6 Å². The van der Waals surface area contributed by atoms with E-state index in [9.17, 15) is 9.59 Å². The molecule has 1 atom stereocenters. The summed E-state index contributed by atoms with van der Waals surface area (Å²) >= 11 is 1.64. The van der Waals surface area contributed by atoms with Crippen LogP contribution in [0.2, 0.25) is 0 Å². The lowest BCUT2D eigenvalue weighted by molar-refractivity contribution is -0.134. The van der Waals surface area contributed by atoms with Gasteiger partial charge in [-0.15, -0.1) is 11.3 Å². The van der Waals surface area contributed by atoms with Crippen LogP contribution in [0.3, 0.4) is 0 Å². The summed E-state index contributed by atoms with van der Waals surface area (Å²) in [5.74, 6) is -0.105. The monoisotopic (exact) mass is 449 g/mol. The Bertz CT molecular complexity index is 1140. The fourth-order valence-electron chi connectivity index (χ4n) is 5.16. The lowest BCUT2D eigenvalue weighted by Crippen LogP contribution is -2.64. The Hall–Kier alpha value is -2.60. The van der Waals surface area contributed by atoms with Crippen molar-refractivity contribution >= 4 is 33.4 Å². The average Bonchev–Trinajstić information content (AvgIpc) is 3.27. The van der Waals surface area contributed by atoms with Gasteiger partial charge in [0.15, 0.2) is 0 Å². The molecule has 168 valence electrons. The van der Waals surface area contributed by atoms with Gasteiger partial charge < -0.3 is 14.8 Å². The van der Waals surface area contributed by atoms with Gasteiger partial charge in [-0.2, -0.15) is 0 Å². The van der Waals surface area contributed by atoms with E-state index in [4.69, 9.17) is 0 Å². The molecule has 1 fully saturated rings. The molecule has 1 unspecified atom stereocenters. The van der Waals surface area contributed by atoms with Gasteiger partial charge in [0.2, 0.25) is 5.91 Å². The highest BCUT2D eigenvalue weighted by atomic mass is 32.1. The molecule has 0 bridgehead atoms. The number of nitrogens with one attached hydrogen (secondary N) is 1. The molecule has 3 heterocycles.